The molecule has 0 atom stereocenters. The SMILES string of the molecule is CC(C)(C)OC(=O)CN(Cc1c(F)cccc1C(F)(F)F)S(=O)(=O)c1c(F)c(F)c(F)c(F)c1Br. The number of sulfonamides is 1. The van der Waals surface area contributed by atoms with Gasteiger partial charge < -0.3 is 4.74 Å². The van der Waals surface area contributed by atoms with E-state index in [0.29, 0.717) is 18.2 Å². The molecule has 0 saturated carbocycles. The zero-order chi connectivity index (χ0) is 27.1. The summed E-state index contributed by atoms with van der Waals surface area (Å²) in [5.74, 6) is -12.4. The van der Waals surface area contributed by atoms with Gasteiger partial charge in [0.15, 0.2) is 23.3 Å². The van der Waals surface area contributed by atoms with Crippen LogP contribution in [0.15, 0.2) is 27.6 Å². The second kappa shape index (κ2) is 10.0. The molecule has 2 aromatic carbocycles. The lowest BCUT2D eigenvalue weighted by molar-refractivity contribution is -0.155. The van der Waals surface area contributed by atoms with Crippen molar-refractivity contribution in [3.8, 4) is 0 Å². The highest BCUT2D eigenvalue weighted by molar-refractivity contribution is 9.10. The van der Waals surface area contributed by atoms with E-state index in [1.807, 2.05) is 0 Å². The topological polar surface area (TPSA) is 63.7 Å². The van der Waals surface area contributed by atoms with Crippen molar-refractivity contribution in [1.82, 2.24) is 4.31 Å². The number of benzene rings is 2. The van der Waals surface area contributed by atoms with Crippen molar-refractivity contribution in [2.24, 2.45) is 0 Å². The molecule has 0 amide bonds. The highest BCUT2D eigenvalue weighted by Gasteiger charge is 2.40. The Bertz CT molecular complexity index is 1230. The summed E-state index contributed by atoms with van der Waals surface area (Å²) < 4.78 is 140. The summed E-state index contributed by atoms with van der Waals surface area (Å²) in [5, 5.41) is 0. The van der Waals surface area contributed by atoms with Crippen molar-refractivity contribution in [3.63, 3.8) is 0 Å². The quantitative estimate of drug-likeness (QED) is 0.186. The maximum atomic E-state index is 14.5. The molecule has 2 aromatic rings. The minimum absolute atomic E-state index is 0.172. The number of nitrogens with zero attached hydrogens (tertiary/aromatic N) is 1. The summed E-state index contributed by atoms with van der Waals surface area (Å²) in [4.78, 5) is 10.4. The number of halogens is 9. The van der Waals surface area contributed by atoms with Crippen molar-refractivity contribution in [1.29, 1.82) is 0 Å². The second-order valence-electron chi connectivity index (χ2n) is 8.02. The Morgan fingerprint density at radius 3 is 2.03 bits per heavy atom. The van der Waals surface area contributed by atoms with E-state index in [0.717, 1.165) is 0 Å². The van der Waals surface area contributed by atoms with E-state index < -0.39 is 90.4 Å². The molecule has 0 fully saturated rings. The fraction of sp³-hybridized carbons (Fsp3) is 0.350. The Labute approximate surface area is 202 Å². The Morgan fingerprint density at radius 1 is 0.971 bits per heavy atom. The number of hydrogen-bond acceptors (Lipinski definition) is 4. The van der Waals surface area contributed by atoms with Crippen LogP contribution in [0.1, 0.15) is 31.9 Å². The first-order valence-corrected chi connectivity index (χ1v) is 11.6. The molecular formula is C20H16BrF8NO4S. The first-order valence-electron chi connectivity index (χ1n) is 9.37. The zero-order valence-corrected chi connectivity index (χ0v) is 20.4. The van der Waals surface area contributed by atoms with Crippen LogP contribution < -0.4 is 0 Å². The van der Waals surface area contributed by atoms with Gasteiger partial charge in [0.2, 0.25) is 10.0 Å². The lowest BCUT2D eigenvalue weighted by Crippen LogP contribution is -2.39. The standard InChI is InChI=1S/C20H16BrF8NO4S/c1-19(2,3)34-12(31)8-30(7-9-10(20(27,28)29)5-4-6-11(9)22)35(32,33)18-13(21)14(23)15(24)16(25)17(18)26/h4-6H,7-8H2,1-3H3. The summed E-state index contributed by atoms with van der Waals surface area (Å²) in [6.07, 6.45) is -5.18. The summed E-state index contributed by atoms with van der Waals surface area (Å²) >= 11 is 2.28. The fourth-order valence-corrected chi connectivity index (χ4v) is 5.27. The third kappa shape index (κ3) is 6.30. The van der Waals surface area contributed by atoms with Gasteiger partial charge in [-0.1, -0.05) is 6.07 Å². The predicted molar refractivity (Wildman–Crippen MR) is 109 cm³/mol. The Hall–Kier alpha value is -2.26. The number of ether oxygens (including phenoxy) is 1. The van der Waals surface area contributed by atoms with E-state index >= 15 is 0 Å². The normalized spacial score (nSPS) is 12.8. The van der Waals surface area contributed by atoms with E-state index in [-0.39, 0.29) is 4.31 Å². The summed E-state index contributed by atoms with van der Waals surface area (Å²) in [7, 11) is -5.62. The number of hydrogen-bond donors (Lipinski definition) is 0. The average molecular weight is 598 g/mol. The highest BCUT2D eigenvalue weighted by atomic mass is 79.9. The number of rotatable bonds is 6. The molecule has 0 aliphatic carbocycles. The van der Waals surface area contributed by atoms with Gasteiger partial charge in [0.05, 0.1) is 10.0 Å². The second-order valence-corrected chi connectivity index (χ2v) is 10.7. The van der Waals surface area contributed by atoms with Gasteiger partial charge in [0, 0.05) is 12.1 Å². The lowest BCUT2D eigenvalue weighted by atomic mass is 10.1. The van der Waals surface area contributed by atoms with Crippen LogP contribution in [0.5, 0.6) is 0 Å². The molecule has 0 N–H and O–H groups in total. The average Bonchev–Trinajstić information content (AvgIpc) is 2.69. The zero-order valence-electron chi connectivity index (χ0n) is 18.0. The first-order chi connectivity index (χ1) is 15.8. The van der Waals surface area contributed by atoms with Crippen LogP contribution in [-0.4, -0.2) is 30.8 Å². The molecule has 0 spiro atoms. The molecule has 0 aromatic heterocycles. The van der Waals surface area contributed by atoms with Gasteiger partial charge in [-0.2, -0.15) is 17.5 Å². The fourth-order valence-electron chi connectivity index (χ4n) is 2.85. The summed E-state index contributed by atoms with van der Waals surface area (Å²) in [6.45, 7) is 1.14. The van der Waals surface area contributed by atoms with Gasteiger partial charge in [0.25, 0.3) is 0 Å². The molecule has 0 aliphatic rings. The lowest BCUT2D eigenvalue weighted by Gasteiger charge is -2.26. The molecule has 15 heteroatoms. The third-order valence-corrected chi connectivity index (χ3v) is 7.10. The van der Waals surface area contributed by atoms with Gasteiger partial charge in [0.1, 0.15) is 22.9 Å². The molecule has 35 heavy (non-hydrogen) atoms. The molecule has 0 saturated heterocycles. The van der Waals surface area contributed by atoms with Crippen molar-refractivity contribution in [3.05, 3.63) is 62.9 Å². The van der Waals surface area contributed by atoms with E-state index in [2.05, 4.69) is 15.9 Å². The summed E-state index contributed by atoms with van der Waals surface area (Å²) in [5.41, 5.74) is -4.12. The van der Waals surface area contributed by atoms with E-state index in [1.165, 1.54) is 20.8 Å². The van der Waals surface area contributed by atoms with Crippen LogP contribution in [0.25, 0.3) is 0 Å². The van der Waals surface area contributed by atoms with Gasteiger partial charge in [-0.3, -0.25) is 4.79 Å². The molecule has 0 bridgehead atoms. The van der Waals surface area contributed by atoms with Crippen molar-refractivity contribution in [2.75, 3.05) is 6.54 Å². The maximum absolute atomic E-state index is 14.5. The minimum Gasteiger partial charge on any atom is -0.459 e. The van der Waals surface area contributed by atoms with Crippen molar-refractivity contribution in [2.45, 2.75) is 44.0 Å². The maximum Gasteiger partial charge on any atom is 0.416 e. The molecular weight excluding hydrogens is 582 g/mol. The van der Waals surface area contributed by atoms with Crippen LogP contribution in [0.2, 0.25) is 0 Å². The van der Waals surface area contributed by atoms with Crippen LogP contribution in [0.4, 0.5) is 35.1 Å². The van der Waals surface area contributed by atoms with Crippen molar-refractivity contribution < 1.29 is 53.1 Å². The van der Waals surface area contributed by atoms with E-state index in [4.69, 9.17) is 4.74 Å². The van der Waals surface area contributed by atoms with Gasteiger partial charge in [-0.25, -0.2) is 30.4 Å². The smallest absolute Gasteiger partial charge is 0.416 e. The first kappa shape index (κ1) is 29.0. The van der Waals surface area contributed by atoms with Gasteiger partial charge in [-0.05, 0) is 48.8 Å². The van der Waals surface area contributed by atoms with Crippen molar-refractivity contribution >= 4 is 31.9 Å². The Balaban J connectivity index is 2.76. The molecule has 0 aliphatic heterocycles. The molecule has 0 unspecified atom stereocenters. The molecule has 5 nitrogen and oxygen atoms in total. The number of carbonyl (C=O) groups is 1. The minimum atomic E-state index is -5.62. The van der Waals surface area contributed by atoms with Crippen LogP contribution in [0, 0.1) is 29.1 Å². The van der Waals surface area contributed by atoms with Crippen LogP contribution >= 0.6 is 15.9 Å². The summed E-state index contributed by atoms with van der Waals surface area (Å²) in [6, 6.07) is 1.68. The molecule has 0 radical (unpaired) electrons. The molecule has 194 valence electrons. The molecule has 2 rings (SSSR count). The van der Waals surface area contributed by atoms with Gasteiger partial charge in [-0.15, -0.1) is 0 Å². The highest BCUT2D eigenvalue weighted by Crippen LogP contribution is 2.37. The largest absolute Gasteiger partial charge is 0.459 e. The van der Waals surface area contributed by atoms with Crippen LogP contribution in [-0.2, 0) is 32.3 Å². The number of esters is 1. The Morgan fingerprint density at radius 2 is 1.51 bits per heavy atom. The molecule has 0 heterocycles. The van der Waals surface area contributed by atoms with Gasteiger partial charge >= 0.3 is 12.1 Å². The van der Waals surface area contributed by atoms with E-state index in [1.54, 1.807) is 0 Å². The van der Waals surface area contributed by atoms with E-state index in [9.17, 15) is 48.3 Å². The monoisotopic (exact) mass is 597 g/mol. The predicted octanol–water partition coefficient (Wildman–Crippen LogP) is 5.70. The number of alkyl halides is 3. The van der Waals surface area contributed by atoms with Crippen LogP contribution in [0.3, 0.4) is 0 Å². The number of carbonyl (C=O) groups excluding carboxylic acids is 1. The Kier molecular flexibility index (Phi) is 8.29. The third-order valence-electron chi connectivity index (χ3n) is 4.25.